The summed E-state index contributed by atoms with van der Waals surface area (Å²) in [5.74, 6) is 0.182. The second-order valence-corrected chi connectivity index (χ2v) is 5.48. The molecular formula is C11H15NO2S. The average molecular weight is 225 g/mol. The van der Waals surface area contributed by atoms with Gasteiger partial charge in [-0.05, 0) is 18.8 Å². The minimum Gasteiger partial charge on any atom is -0.481 e. The molecule has 0 radical (unpaired) electrons. The summed E-state index contributed by atoms with van der Waals surface area (Å²) in [6.07, 6.45) is 2.56. The Kier molecular flexibility index (Phi) is 2.78. The van der Waals surface area contributed by atoms with Crippen molar-refractivity contribution in [1.82, 2.24) is 4.98 Å². The van der Waals surface area contributed by atoms with Crippen LogP contribution in [0.2, 0.25) is 0 Å². The summed E-state index contributed by atoms with van der Waals surface area (Å²) >= 11 is 1.59. The molecule has 1 aliphatic rings. The summed E-state index contributed by atoms with van der Waals surface area (Å²) in [5, 5.41) is 9.96. The van der Waals surface area contributed by atoms with Crippen molar-refractivity contribution in [3.05, 3.63) is 15.6 Å². The predicted octanol–water partition coefficient (Wildman–Crippen LogP) is 2.77. The minimum absolute atomic E-state index is 0.123. The zero-order valence-electron chi connectivity index (χ0n) is 8.99. The summed E-state index contributed by atoms with van der Waals surface area (Å²) < 4.78 is 0. The van der Waals surface area contributed by atoms with E-state index in [0.29, 0.717) is 11.8 Å². The highest BCUT2D eigenvalue weighted by molar-refractivity contribution is 7.12. The van der Waals surface area contributed by atoms with Crippen molar-refractivity contribution in [2.75, 3.05) is 0 Å². The fourth-order valence-corrected chi connectivity index (χ4v) is 2.98. The van der Waals surface area contributed by atoms with Crippen LogP contribution < -0.4 is 0 Å². The molecule has 1 N–H and O–H groups in total. The molecular weight excluding hydrogens is 210 g/mol. The lowest BCUT2D eigenvalue weighted by atomic mass is 10.1. The van der Waals surface area contributed by atoms with Crippen molar-refractivity contribution >= 4 is 17.3 Å². The Balaban J connectivity index is 2.27. The number of carboxylic acids is 1. The van der Waals surface area contributed by atoms with Crippen molar-refractivity contribution < 1.29 is 9.90 Å². The van der Waals surface area contributed by atoms with Crippen LogP contribution in [-0.4, -0.2) is 16.1 Å². The molecule has 2 rings (SSSR count). The molecule has 0 bridgehead atoms. The van der Waals surface area contributed by atoms with Gasteiger partial charge in [-0.25, -0.2) is 4.98 Å². The Labute approximate surface area is 93.2 Å². The Morgan fingerprint density at radius 3 is 2.73 bits per heavy atom. The monoisotopic (exact) mass is 225 g/mol. The molecule has 1 aromatic heterocycles. The first-order valence-corrected chi connectivity index (χ1v) is 6.11. The number of thiazole rings is 1. The van der Waals surface area contributed by atoms with E-state index < -0.39 is 5.97 Å². The van der Waals surface area contributed by atoms with Crippen LogP contribution in [0.5, 0.6) is 0 Å². The van der Waals surface area contributed by atoms with Gasteiger partial charge in [-0.3, -0.25) is 4.79 Å². The van der Waals surface area contributed by atoms with Crippen LogP contribution in [0.1, 0.15) is 54.1 Å². The molecule has 1 saturated carbocycles. The van der Waals surface area contributed by atoms with E-state index in [1.165, 1.54) is 12.8 Å². The number of hydrogen-bond acceptors (Lipinski definition) is 3. The summed E-state index contributed by atoms with van der Waals surface area (Å²) in [5.41, 5.74) is 0.990. The molecule has 1 fully saturated rings. The van der Waals surface area contributed by atoms with Crippen molar-refractivity contribution in [2.24, 2.45) is 0 Å². The smallest absolute Gasteiger partial charge is 0.308 e. The fraction of sp³-hybridized carbons (Fsp3) is 0.636. The molecule has 1 aromatic rings. The topological polar surface area (TPSA) is 50.2 Å². The standard InChI is InChI=1S/C11H15NO2S/c1-6(2)10-8(5-9(13)14)15-11(12-10)7-3-4-7/h6-7H,3-5H2,1-2H3,(H,13,14). The van der Waals surface area contributed by atoms with Gasteiger partial charge in [0.1, 0.15) is 0 Å². The summed E-state index contributed by atoms with van der Waals surface area (Å²) in [7, 11) is 0. The first-order valence-electron chi connectivity index (χ1n) is 5.29. The third-order valence-electron chi connectivity index (χ3n) is 2.53. The van der Waals surface area contributed by atoms with Gasteiger partial charge in [-0.1, -0.05) is 13.8 Å². The Bertz CT molecular complexity index is 380. The largest absolute Gasteiger partial charge is 0.481 e. The number of carbonyl (C=O) groups is 1. The predicted molar refractivity (Wildman–Crippen MR) is 59.5 cm³/mol. The van der Waals surface area contributed by atoms with Gasteiger partial charge in [0, 0.05) is 10.8 Å². The van der Waals surface area contributed by atoms with E-state index in [4.69, 9.17) is 5.11 Å². The quantitative estimate of drug-likeness (QED) is 0.857. The second-order valence-electron chi connectivity index (χ2n) is 4.36. The van der Waals surface area contributed by atoms with Crippen LogP contribution in [0.4, 0.5) is 0 Å². The Morgan fingerprint density at radius 1 is 1.60 bits per heavy atom. The molecule has 0 spiro atoms. The molecule has 15 heavy (non-hydrogen) atoms. The highest BCUT2D eigenvalue weighted by Gasteiger charge is 2.29. The van der Waals surface area contributed by atoms with Crippen molar-refractivity contribution in [3.63, 3.8) is 0 Å². The minimum atomic E-state index is -0.761. The summed E-state index contributed by atoms with van der Waals surface area (Å²) in [4.78, 5) is 16.2. The maximum absolute atomic E-state index is 10.7. The highest BCUT2D eigenvalue weighted by Crippen LogP contribution is 2.43. The lowest BCUT2D eigenvalue weighted by molar-refractivity contribution is -0.136. The van der Waals surface area contributed by atoms with Crippen molar-refractivity contribution in [2.45, 2.75) is 44.9 Å². The van der Waals surface area contributed by atoms with Crippen LogP contribution >= 0.6 is 11.3 Å². The second kappa shape index (κ2) is 3.93. The number of aliphatic carboxylic acids is 1. The van der Waals surface area contributed by atoms with Crippen LogP contribution in [-0.2, 0) is 11.2 Å². The van der Waals surface area contributed by atoms with Gasteiger partial charge in [-0.15, -0.1) is 11.3 Å². The molecule has 0 saturated heterocycles. The van der Waals surface area contributed by atoms with Gasteiger partial charge in [0.2, 0.25) is 0 Å². The van der Waals surface area contributed by atoms with E-state index >= 15 is 0 Å². The lowest BCUT2D eigenvalue weighted by Crippen LogP contribution is -2.02. The number of rotatable bonds is 4. The Morgan fingerprint density at radius 2 is 2.27 bits per heavy atom. The van der Waals surface area contributed by atoms with E-state index in [9.17, 15) is 4.79 Å². The van der Waals surface area contributed by atoms with Crippen LogP contribution in [0, 0.1) is 0 Å². The van der Waals surface area contributed by atoms with Gasteiger partial charge in [0.25, 0.3) is 0 Å². The molecule has 0 atom stereocenters. The number of aromatic nitrogens is 1. The van der Waals surface area contributed by atoms with E-state index in [1.54, 1.807) is 11.3 Å². The van der Waals surface area contributed by atoms with Crippen LogP contribution in [0.15, 0.2) is 0 Å². The third-order valence-corrected chi connectivity index (χ3v) is 3.76. The normalized spacial score (nSPS) is 15.9. The van der Waals surface area contributed by atoms with E-state index in [-0.39, 0.29) is 6.42 Å². The first-order chi connectivity index (χ1) is 7.08. The molecule has 0 aliphatic heterocycles. The molecule has 3 nitrogen and oxygen atoms in total. The molecule has 0 aromatic carbocycles. The number of hydrogen-bond donors (Lipinski definition) is 1. The first kappa shape index (κ1) is 10.6. The molecule has 0 unspecified atom stereocenters. The van der Waals surface area contributed by atoms with Gasteiger partial charge < -0.3 is 5.11 Å². The van der Waals surface area contributed by atoms with E-state index in [0.717, 1.165) is 15.6 Å². The van der Waals surface area contributed by atoms with Gasteiger partial charge in [0.15, 0.2) is 0 Å². The maximum atomic E-state index is 10.7. The van der Waals surface area contributed by atoms with Gasteiger partial charge >= 0.3 is 5.97 Å². The van der Waals surface area contributed by atoms with E-state index in [2.05, 4.69) is 18.8 Å². The summed E-state index contributed by atoms with van der Waals surface area (Å²) in [6, 6.07) is 0. The van der Waals surface area contributed by atoms with Crippen molar-refractivity contribution in [3.8, 4) is 0 Å². The highest BCUT2D eigenvalue weighted by atomic mass is 32.1. The number of nitrogens with zero attached hydrogens (tertiary/aromatic N) is 1. The zero-order valence-corrected chi connectivity index (χ0v) is 9.80. The molecule has 4 heteroatoms. The maximum Gasteiger partial charge on any atom is 0.308 e. The molecule has 0 amide bonds. The van der Waals surface area contributed by atoms with Gasteiger partial charge in [-0.2, -0.15) is 0 Å². The molecule has 1 heterocycles. The van der Waals surface area contributed by atoms with Crippen LogP contribution in [0.3, 0.4) is 0 Å². The fourth-order valence-electron chi connectivity index (χ4n) is 1.60. The lowest BCUT2D eigenvalue weighted by Gasteiger charge is -2.02. The van der Waals surface area contributed by atoms with Crippen LogP contribution in [0.25, 0.3) is 0 Å². The molecule has 82 valence electrons. The number of carboxylic acid groups (broad SMARTS) is 1. The zero-order chi connectivity index (χ0) is 11.0. The van der Waals surface area contributed by atoms with Gasteiger partial charge in [0.05, 0.1) is 17.1 Å². The Hall–Kier alpha value is -0.900. The van der Waals surface area contributed by atoms with E-state index in [1.807, 2.05) is 0 Å². The SMILES string of the molecule is CC(C)c1nc(C2CC2)sc1CC(=O)O. The third kappa shape index (κ3) is 2.37. The molecule has 1 aliphatic carbocycles. The average Bonchev–Trinajstić information content (AvgIpc) is 2.88. The van der Waals surface area contributed by atoms with Crippen molar-refractivity contribution in [1.29, 1.82) is 0 Å². The summed E-state index contributed by atoms with van der Waals surface area (Å²) in [6.45, 7) is 4.13.